The van der Waals surface area contributed by atoms with Gasteiger partial charge < -0.3 is 4.57 Å². The molecule has 0 aliphatic rings. The molecule has 0 amide bonds. The summed E-state index contributed by atoms with van der Waals surface area (Å²) in [5, 5.41) is 0. The Hall–Kier alpha value is -2.09. The molecular weight excluding hydrogens is 234 g/mol. The molecule has 19 heavy (non-hydrogen) atoms. The molecule has 2 heteroatoms. The first-order valence-electron chi connectivity index (χ1n) is 6.56. The Kier molecular flexibility index (Phi) is 4.35. The van der Waals surface area contributed by atoms with Crippen LogP contribution >= 0.6 is 0 Å². The van der Waals surface area contributed by atoms with Crippen LogP contribution in [0.15, 0.2) is 66.0 Å². The van der Waals surface area contributed by atoms with E-state index in [2.05, 4.69) is 13.5 Å². The Labute approximate surface area is 114 Å². The third-order valence-electron chi connectivity index (χ3n) is 3.26. The molecule has 0 saturated carbocycles. The average Bonchev–Trinajstić information content (AvgIpc) is 2.43. The normalized spacial score (nSPS) is 12.1. The van der Waals surface area contributed by atoms with Gasteiger partial charge in [0.2, 0.25) is 0 Å². The van der Waals surface area contributed by atoms with Crippen molar-refractivity contribution in [2.75, 3.05) is 0 Å². The molecule has 0 radical (unpaired) electrons. The highest BCUT2D eigenvalue weighted by molar-refractivity contribution is 5.17. The predicted octanol–water partition coefficient (Wildman–Crippen LogP) is 3.26. The van der Waals surface area contributed by atoms with Crippen LogP contribution in [0.3, 0.4) is 0 Å². The summed E-state index contributed by atoms with van der Waals surface area (Å²) in [5.74, 6) is 0.365. The molecule has 2 rings (SSSR count). The summed E-state index contributed by atoms with van der Waals surface area (Å²) >= 11 is 0. The highest BCUT2D eigenvalue weighted by Gasteiger charge is 2.07. The summed E-state index contributed by atoms with van der Waals surface area (Å²) in [7, 11) is 0. The minimum Gasteiger partial charge on any atom is -0.308 e. The van der Waals surface area contributed by atoms with Gasteiger partial charge >= 0.3 is 0 Å². The van der Waals surface area contributed by atoms with Crippen molar-refractivity contribution in [3.63, 3.8) is 0 Å². The molecule has 0 fully saturated rings. The van der Waals surface area contributed by atoms with Crippen molar-refractivity contribution < 1.29 is 0 Å². The van der Waals surface area contributed by atoms with E-state index in [1.54, 1.807) is 6.07 Å². The largest absolute Gasteiger partial charge is 0.308 e. The van der Waals surface area contributed by atoms with E-state index in [9.17, 15) is 4.79 Å². The topological polar surface area (TPSA) is 22.0 Å². The van der Waals surface area contributed by atoms with Crippen LogP contribution in [0.1, 0.15) is 18.2 Å². The number of benzene rings is 1. The van der Waals surface area contributed by atoms with E-state index in [4.69, 9.17) is 0 Å². The summed E-state index contributed by atoms with van der Waals surface area (Å²) in [4.78, 5) is 12.1. The van der Waals surface area contributed by atoms with Crippen molar-refractivity contribution in [2.24, 2.45) is 5.92 Å². The SMILES string of the molecule is C=CC(C)Cc1cccc(=O)n1Cc1ccccc1. The first kappa shape index (κ1) is 13.3. The van der Waals surface area contributed by atoms with Gasteiger partial charge in [-0.3, -0.25) is 4.79 Å². The molecule has 2 nitrogen and oxygen atoms in total. The van der Waals surface area contributed by atoms with Gasteiger partial charge in [0.1, 0.15) is 0 Å². The van der Waals surface area contributed by atoms with E-state index in [0.717, 1.165) is 17.7 Å². The van der Waals surface area contributed by atoms with Crippen LogP contribution < -0.4 is 5.56 Å². The van der Waals surface area contributed by atoms with E-state index >= 15 is 0 Å². The lowest BCUT2D eigenvalue weighted by molar-refractivity contribution is 0.632. The van der Waals surface area contributed by atoms with E-state index in [1.807, 2.05) is 53.1 Å². The molecule has 0 aliphatic heterocycles. The Morgan fingerprint density at radius 2 is 1.89 bits per heavy atom. The van der Waals surface area contributed by atoms with E-state index in [-0.39, 0.29) is 5.56 Å². The number of allylic oxidation sites excluding steroid dienone is 1. The van der Waals surface area contributed by atoms with Crippen molar-refractivity contribution in [1.29, 1.82) is 0 Å². The molecule has 2 aromatic rings. The summed E-state index contributed by atoms with van der Waals surface area (Å²) in [5.41, 5.74) is 2.25. The molecular formula is C17H19NO. The van der Waals surface area contributed by atoms with Gasteiger partial charge in [-0.15, -0.1) is 6.58 Å². The maximum Gasteiger partial charge on any atom is 0.251 e. The van der Waals surface area contributed by atoms with Gasteiger partial charge in [-0.25, -0.2) is 0 Å². The zero-order chi connectivity index (χ0) is 13.7. The van der Waals surface area contributed by atoms with Gasteiger partial charge in [-0.1, -0.05) is 49.4 Å². The zero-order valence-corrected chi connectivity index (χ0v) is 11.3. The predicted molar refractivity (Wildman–Crippen MR) is 79.3 cm³/mol. The summed E-state index contributed by atoms with van der Waals surface area (Å²) in [6.07, 6.45) is 2.76. The molecule has 1 aromatic heterocycles. The molecule has 0 saturated heterocycles. The summed E-state index contributed by atoms with van der Waals surface area (Å²) in [6, 6.07) is 15.5. The molecule has 1 aromatic carbocycles. The first-order chi connectivity index (χ1) is 9.20. The van der Waals surface area contributed by atoms with Gasteiger partial charge in [0, 0.05) is 11.8 Å². The highest BCUT2D eigenvalue weighted by atomic mass is 16.1. The maximum atomic E-state index is 12.1. The van der Waals surface area contributed by atoms with Crippen LogP contribution in [0.25, 0.3) is 0 Å². The van der Waals surface area contributed by atoms with Crippen LogP contribution in [0.5, 0.6) is 0 Å². The van der Waals surface area contributed by atoms with Crippen molar-refractivity contribution in [1.82, 2.24) is 4.57 Å². The second-order valence-corrected chi connectivity index (χ2v) is 4.84. The molecule has 1 atom stereocenters. The van der Waals surface area contributed by atoms with Gasteiger partial charge in [0.25, 0.3) is 5.56 Å². The van der Waals surface area contributed by atoms with Crippen molar-refractivity contribution >= 4 is 0 Å². The lowest BCUT2D eigenvalue weighted by Crippen LogP contribution is -2.23. The fourth-order valence-electron chi connectivity index (χ4n) is 2.10. The van der Waals surface area contributed by atoms with Gasteiger partial charge in [-0.05, 0) is 24.0 Å². The van der Waals surface area contributed by atoms with Crippen LogP contribution in [0.2, 0.25) is 0 Å². The molecule has 0 aliphatic carbocycles. The Morgan fingerprint density at radius 1 is 1.16 bits per heavy atom. The fourth-order valence-corrected chi connectivity index (χ4v) is 2.10. The van der Waals surface area contributed by atoms with E-state index in [0.29, 0.717) is 12.5 Å². The first-order valence-corrected chi connectivity index (χ1v) is 6.56. The number of nitrogens with zero attached hydrogens (tertiary/aromatic N) is 1. The highest BCUT2D eigenvalue weighted by Crippen LogP contribution is 2.10. The molecule has 1 heterocycles. The number of hydrogen-bond acceptors (Lipinski definition) is 1. The lowest BCUT2D eigenvalue weighted by Gasteiger charge is -2.14. The number of pyridine rings is 1. The Bertz CT molecular complexity index is 598. The Balaban J connectivity index is 2.33. The summed E-state index contributed by atoms with van der Waals surface area (Å²) < 4.78 is 1.84. The zero-order valence-electron chi connectivity index (χ0n) is 11.3. The van der Waals surface area contributed by atoms with Crippen LogP contribution in [-0.4, -0.2) is 4.57 Å². The smallest absolute Gasteiger partial charge is 0.251 e. The monoisotopic (exact) mass is 253 g/mol. The molecule has 98 valence electrons. The minimum atomic E-state index is 0.0533. The quantitative estimate of drug-likeness (QED) is 0.750. The lowest BCUT2D eigenvalue weighted by atomic mass is 10.0. The minimum absolute atomic E-state index is 0.0533. The number of rotatable bonds is 5. The second-order valence-electron chi connectivity index (χ2n) is 4.84. The fraction of sp³-hybridized carbons (Fsp3) is 0.235. The van der Waals surface area contributed by atoms with Crippen LogP contribution in [0, 0.1) is 5.92 Å². The van der Waals surface area contributed by atoms with Gasteiger partial charge in [0.15, 0.2) is 0 Å². The van der Waals surface area contributed by atoms with Crippen molar-refractivity contribution in [2.45, 2.75) is 19.9 Å². The molecule has 0 N–H and O–H groups in total. The van der Waals surface area contributed by atoms with E-state index < -0.39 is 0 Å². The third-order valence-corrected chi connectivity index (χ3v) is 3.26. The number of hydrogen-bond donors (Lipinski definition) is 0. The molecule has 0 spiro atoms. The molecule has 0 bridgehead atoms. The number of aromatic nitrogens is 1. The summed E-state index contributed by atoms with van der Waals surface area (Å²) in [6.45, 7) is 6.54. The maximum absolute atomic E-state index is 12.1. The van der Waals surface area contributed by atoms with E-state index in [1.165, 1.54) is 0 Å². The Morgan fingerprint density at radius 3 is 2.58 bits per heavy atom. The average molecular weight is 253 g/mol. The second kappa shape index (κ2) is 6.19. The standard InChI is InChI=1S/C17H19NO/c1-3-14(2)12-16-10-7-11-17(19)18(16)13-15-8-5-4-6-9-15/h3-11,14H,1,12-13H2,2H3. The van der Waals surface area contributed by atoms with Crippen LogP contribution in [0.4, 0.5) is 0 Å². The molecule has 1 unspecified atom stereocenters. The van der Waals surface area contributed by atoms with Gasteiger partial charge in [-0.2, -0.15) is 0 Å². The third kappa shape index (κ3) is 3.44. The van der Waals surface area contributed by atoms with Gasteiger partial charge in [0.05, 0.1) is 6.54 Å². The van der Waals surface area contributed by atoms with Crippen molar-refractivity contribution in [3.8, 4) is 0 Å². The van der Waals surface area contributed by atoms with Crippen LogP contribution in [-0.2, 0) is 13.0 Å². The van der Waals surface area contributed by atoms with Crippen molar-refractivity contribution in [3.05, 3.63) is 82.8 Å².